The summed E-state index contributed by atoms with van der Waals surface area (Å²) in [6.45, 7) is 2.66. The fourth-order valence-corrected chi connectivity index (χ4v) is 7.32. The Morgan fingerprint density at radius 2 is 1.51 bits per heavy atom. The van der Waals surface area contributed by atoms with Crippen LogP contribution in [0.15, 0.2) is 84.9 Å². The standard InChI is InChI=1S/C31H36FN3O3S/c1-34(22-24-13-15-28(32)16-14-24)29(36)31(26-11-7-4-8-12-26)21-27(31)23-35-19-17-30(18-20-35,33-39(2,37)38)25-9-5-3-6-10-25/h3-16,27,33H,17-23H2,1-2H3. The Morgan fingerprint density at radius 3 is 2.08 bits per heavy atom. The predicted molar refractivity (Wildman–Crippen MR) is 151 cm³/mol. The van der Waals surface area contributed by atoms with E-state index in [9.17, 15) is 17.6 Å². The van der Waals surface area contributed by atoms with Gasteiger partial charge in [-0.15, -0.1) is 0 Å². The summed E-state index contributed by atoms with van der Waals surface area (Å²) < 4.78 is 40.9. The van der Waals surface area contributed by atoms with Crippen molar-refractivity contribution in [2.24, 2.45) is 5.92 Å². The average molecular weight is 550 g/mol. The van der Waals surface area contributed by atoms with E-state index in [1.807, 2.05) is 67.7 Å². The molecule has 1 aliphatic carbocycles. The minimum atomic E-state index is -3.40. The molecule has 1 saturated carbocycles. The van der Waals surface area contributed by atoms with Crippen molar-refractivity contribution >= 4 is 15.9 Å². The van der Waals surface area contributed by atoms with Crippen molar-refractivity contribution in [2.75, 3.05) is 32.9 Å². The van der Waals surface area contributed by atoms with Crippen molar-refractivity contribution in [1.29, 1.82) is 0 Å². The van der Waals surface area contributed by atoms with Crippen LogP contribution in [0.25, 0.3) is 0 Å². The molecule has 0 bridgehead atoms. The first kappa shape index (κ1) is 27.5. The third-order valence-electron chi connectivity index (χ3n) is 8.35. The van der Waals surface area contributed by atoms with Gasteiger partial charge in [-0.2, -0.15) is 0 Å². The van der Waals surface area contributed by atoms with E-state index >= 15 is 0 Å². The van der Waals surface area contributed by atoms with E-state index in [0.29, 0.717) is 19.4 Å². The van der Waals surface area contributed by atoms with E-state index < -0.39 is 21.0 Å². The molecule has 0 radical (unpaired) electrons. The van der Waals surface area contributed by atoms with E-state index in [-0.39, 0.29) is 17.6 Å². The fraction of sp³-hybridized carbons (Fsp3) is 0.387. The van der Waals surface area contributed by atoms with E-state index in [0.717, 1.165) is 42.7 Å². The summed E-state index contributed by atoms with van der Waals surface area (Å²) in [7, 11) is -1.58. The maximum absolute atomic E-state index is 14.0. The summed E-state index contributed by atoms with van der Waals surface area (Å²) in [4.78, 5) is 18.1. The number of benzene rings is 3. The molecule has 0 spiro atoms. The minimum Gasteiger partial charge on any atom is -0.341 e. The Kier molecular flexibility index (Phi) is 7.64. The second-order valence-corrected chi connectivity index (χ2v) is 12.9. The van der Waals surface area contributed by atoms with E-state index in [1.165, 1.54) is 18.4 Å². The second kappa shape index (κ2) is 10.8. The molecule has 2 aliphatic rings. The summed E-state index contributed by atoms with van der Waals surface area (Å²) >= 11 is 0. The highest BCUT2D eigenvalue weighted by Crippen LogP contribution is 2.56. The smallest absolute Gasteiger partial charge is 0.233 e. The van der Waals surface area contributed by atoms with Crippen LogP contribution >= 0.6 is 0 Å². The summed E-state index contributed by atoms with van der Waals surface area (Å²) in [5, 5.41) is 0. The van der Waals surface area contributed by atoms with Gasteiger partial charge in [0.15, 0.2) is 0 Å². The second-order valence-electron chi connectivity index (χ2n) is 11.1. The number of rotatable bonds is 9. The molecule has 1 saturated heterocycles. The number of halogens is 1. The van der Waals surface area contributed by atoms with Crippen LogP contribution in [0, 0.1) is 11.7 Å². The summed E-state index contributed by atoms with van der Waals surface area (Å²) in [5.41, 5.74) is 1.68. The summed E-state index contributed by atoms with van der Waals surface area (Å²) in [6, 6.07) is 26.1. The quantitative estimate of drug-likeness (QED) is 0.433. The zero-order valence-corrected chi connectivity index (χ0v) is 23.3. The Bertz CT molecular complexity index is 1390. The molecule has 0 aromatic heterocycles. The summed E-state index contributed by atoms with van der Waals surface area (Å²) in [6.07, 6.45) is 3.31. The van der Waals surface area contributed by atoms with Crippen molar-refractivity contribution in [3.05, 3.63) is 107 Å². The zero-order valence-electron chi connectivity index (χ0n) is 22.5. The number of amides is 1. The SMILES string of the molecule is CN(Cc1ccc(F)cc1)C(=O)C1(c2ccccc2)CC1CN1CCC(NS(C)(=O)=O)(c2ccccc2)CC1. The van der Waals surface area contributed by atoms with Gasteiger partial charge in [-0.1, -0.05) is 72.8 Å². The highest BCUT2D eigenvalue weighted by atomic mass is 32.2. The Morgan fingerprint density at radius 1 is 0.949 bits per heavy atom. The Balaban J connectivity index is 1.31. The normalized spacial score (nSPS) is 22.8. The van der Waals surface area contributed by atoms with Crippen molar-refractivity contribution in [3.63, 3.8) is 0 Å². The van der Waals surface area contributed by atoms with Crippen molar-refractivity contribution < 1.29 is 17.6 Å². The van der Waals surface area contributed by atoms with Gasteiger partial charge >= 0.3 is 0 Å². The number of sulfonamides is 1. The minimum absolute atomic E-state index is 0.0809. The first-order chi connectivity index (χ1) is 18.6. The number of nitrogens with zero attached hydrogens (tertiary/aromatic N) is 2. The van der Waals surface area contributed by atoms with Gasteiger partial charge in [0.2, 0.25) is 15.9 Å². The average Bonchev–Trinajstić information content (AvgIpc) is 3.65. The number of likely N-dealkylation sites (N-methyl/N-ethyl adjacent to an activating group) is 1. The van der Waals surface area contributed by atoms with Crippen molar-refractivity contribution in [2.45, 2.75) is 36.8 Å². The molecular formula is C31H36FN3O3S. The molecule has 39 heavy (non-hydrogen) atoms. The third kappa shape index (κ3) is 5.93. The molecule has 2 atom stereocenters. The predicted octanol–water partition coefficient (Wildman–Crippen LogP) is 4.28. The lowest BCUT2D eigenvalue weighted by Crippen LogP contribution is -2.53. The van der Waals surface area contributed by atoms with E-state index in [1.54, 1.807) is 17.0 Å². The number of hydrogen-bond donors (Lipinski definition) is 1. The van der Waals surface area contributed by atoms with Crippen LogP contribution in [0.4, 0.5) is 4.39 Å². The lowest BCUT2D eigenvalue weighted by atomic mass is 9.81. The zero-order chi connectivity index (χ0) is 27.7. The first-order valence-electron chi connectivity index (χ1n) is 13.4. The Hall–Kier alpha value is -3.07. The molecule has 1 amide bonds. The largest absolute Gasteiger partial charge is 0.341 e. The van der Waals surface area contributed by atoms with Gasteiger partial charge in [0.1, 0.15) is 5.82 Å². The van der Waals surface area contributed by atoms with Crippen molar-refractivity contribution in [1.82, 2.24) is 14.5 Å². The summed E-state index contributed by atoms with van der Waals surface area (Å²) in [5.74, 6) is -0.0483. The molecule has 6 nitrogen and oxygen atoms in total. The molecule has 3 aromatic carbocycles. The Labute approximate surface area is 230 Å². The van der Waals surface area contributed by atoms with E-state index in [4.69, 9.17) is 0 Å². The maximum Gasteiger partial charge on any atom is 0.233 e. The van der Waals surface area contributed by atoms with Gasteiger partial charge in [0.05, 0.1) is 17.2 Å². The maximum atomic E-state index is 14.0. The molecule has 3 aromatic rings. The van der Waals surface area contributed by atoms with Crippen LogP contribution in [-0.4, -0.2) is 57.1 Å². The molecule has 2 fully saturated rings. The fourth-order valence-electron chi connectivity index (χ4n) is 6.29. The van der Waals surface area contributed by atoms with Crippen molar-refractivity contribution in [3.8, 4) is 0 Å². The highest BCUT2D eigenvalue weighted by Gasteiger charge is 2.62. The van der Waals surface area contributed by atoms with Crippen LogP contribution in [-0.2, 0) is 32.3 Å². The molecule has 1 N–H and O–H groups in total. The molecule has 1 heterocycles. The van der Waals surface area contributed by atoms with E-state index in [2.05, 4.69) is 9.62 Å². The molecule has 2 unspecified atom stereocenters. The van der Waals surface area contributed by atoms with Gasteiger partial charge in [-0.3, -0.25) is 4.79 Å². The van der Waals surface area contributed by atoms with Gasteiger partial charge in [-0.05, 0) is 54.0 Å². The number of hydrogen-bond acceptors (Lipinski definition) is 4. The van der Waals surface area contributed by atoms with Crippen LogP contribution in [0.1, 0.15) is 36.0 Å². The van der Waals surface area contributed by atoms with Crippen LogP contribution in [0.5, 0.6) is 0 Å². The van der Waals surface area contributed by atoms with Crippen LogP contribution < -0.4 is 4.72 Å². The molecular weight excluding hydrogens is 513 g/mol. The highest BCUT2D eigenvalue weighted by molar-refractivity contribution is 7.88. The lowest BCUT2D eigenvalue weighted by Gasteiger charge is -2.42. The van der Waals surface area contributed by atoms with Crippen LogP contribution in [0.2, 0.25) is 0 Å². The topological polar surface area (TPSA) is 69.7 Å². The van der Waals surface area contributed by atoms with Crippen LogP contribution in [0.3, 0.4) is 0 Å². The number of carbonyl (C=O) groups excluding carboxylic acids is 1. The van der Waals surface area contributed by atoms with Gasteiger partial charge in [0.25, 0.3) is 0 Å². The molecule has 206 valence electrons. The number of likely N-dealkylation sites (tertiary alicyclic amines) is 1. The first-order valence-corrected chi connectivity index (χ1v) is 15.3. The number of piperidine rings is 1. The number of nitrogens with one attached hydrogen (secondary N) is 1. The lowest BCUT2D eigenvalue weighted by molar-refractivity contribution is -0.133. The third-order valence-corrected chi connectivity index (χ3v) is 9.11. The van der Waals surface area contributed by atoms with Gasteiger partial charge in [-0.25, -0.2) is 17.5 Å². The van der Waals surface area contributed by atoms with Gasteiger partial charge in [0, 0.05) is 33.2 Å². The molecule has 5 rings (SSSR count). The monoisotopic (exact) mass is 549 g/mol. The van der Waals surface area contributed by atoms with Gasteiger partial charge < -0.3 is 9.80 Å². The molecule has 1 aliphatic heterocycles. The molecule has 8 heteroatoms. The number of carbonyl (C=O) groups is 1.